The molecule has 1 heterocycles. The molecule has 1 N–H and O–H groups in total. The van der Waals surface area contributed by atoms with Gasteiger partial charge in [0.1, 0.15) is 0 Å². The summed E-state index contributed by atoms with van der Waals surface area (Å²) in [5.74, 6) is 0. The first-order valence-corrected chi connectivity index (χ1v) is 4.09. The van der Waals surface area contributed by atoms with Crippen molar-refractivity contribution in [1.82, 2.24) is 4.90 Å². The van der Waals surface area contributed by atoms with E-state index in [1.54, 1.807) is 0 Å². The van der Waals surface area contributed by atoms with Crippen molar-refractivity contribution in [1.29, 1.82) is 0 Å². The molecule has 1 aliphatic rings. The molecule has 11 heavy (non-hydrogen) atoms. The molecule has 0 aromatic carbocycles. The van der Waals surface area contributed by atoms with Crippen LogP contribution < -0.4 is 0 Å². The van der Waals surface area contributed by atoms with Gasteiger partial charge in [-0.15, -0.1) is 0 Å². The standard InChI is InChI=1S/C8H17NO2/c1-6-4-7(9(2)3)5-8(10)11-6/h6-8,10H,4-5H2,1-3H3/t6-,7+,8-/m1/s1. The Bertz CT molecular complexity index is 117. The number of rotatable bonds is 1. The zero-order valence-electron chi connectivity index (χ0n) is 7.45. The minimum Gasteiger partial charge on any atom is -0.368 e. The SMILES string of the molecule is C[C@@H]1C[C@H](N(C)C)C[C@H](O)O1. The third-order valence-corrected chi connectivity index (χ3v) is 2.20. The van der Waals surface area contributed by atoms with Gasteiger partial charge < -0.3 is 14.7 Å². The fraction of sp³-hybridized carbons (Fsp3) is 1.00. The Labute approximate surface area is 68.0 Å². The van der Waals surface area contributed by atoms with E-state index in [-0.39, 0.29) is 6.10 Å². The lowest BCUT2D eigenvalue weighted by molar-refractivity contribution is -0.172. The van der Waals surface area contributed by atoms with E-state index in [9.17, 15) is 5.11 Å². The van der Waals surface area contributed by atoms with Crippen LogP contribution in [0.2, 0.25) is 0 Å². The predicted octanol–water partition coefficient (Wildman–Crippen LogP) is 0.434. The molecule has 3 atom stereocenters. The summed E-state index contributed by atoms with van der Waals surface area (Å²) in [4.78, 5) is 2.14. The first-order valence-electron chi connectivity index (χ1n) is 4.09. The maximum absolute atomic E-state index is 9.25. The molecule has 1 fully saturated rings. The maximum atomic E-state index is 9.25. The molecule has 0 saturated carbocycles. The van der Waals surface area contributed by atoms with Gasteiger partial charge in [-0.2, -0.15) is 0 Å². The molecule has 1 aliphatic heterocycles. The van der Waals surface area contributed by atoms with Gasteiger partial charge in [0.2, 0.25) is 0 Å². The number of aliphatic hydroxyl groups excluding tert-OH is 1. The van der Waals surface area contributed by atoms with Crippen molar-refractivity contribution >= 4 is 0 Å². The summed E-state index contributed by atoms with van der Waals surface area (Å²) in [6, 6.07) is 0.466. The van der Waals surface area contributed by atoms with Gasteiger partial charge in [0.15, 0.2) is 6.29 Å². The average molecular weight is 159 g/mol. The highest BCUT2D eigenvalue weighted by Gasteiger charge is 2.26. The van der Waals surface area contributed by atoms with Crippen molar-refractivity contribution in [3.8, 4) is 0 Å². The lowest BCUT2D eigenvalue weighted by Crippen LogP contribution is -2.41. The highest BCUT2D eigenvalue weighted by molar-refractivity contribution is 4.75. The van der Waals surface area contributed by atoms with Gasteiger partial charge in [-0.3, -0.25) is 0 Å². The quantitative estimate of drug-likeness (QED) is 0.602. The van der Waals surface area contributed by atoms with E-state index in [1.807, 2.05) is 21.0 Å². The van der Waals surface area contributed by atoms with Crippen molar-refractivity contribution in [3.63, 3.8) is 0 Å². The van der Waals surface area contributed by atoms with Crippen LogP contribution in [-0.2, 0) is 4.74 Å². The fourth-order valence-electron chi connectivity index (χ4n) is 1.51. The Morgan fingerprint density at radius 2 is 2.00 bits per heavy atom. The van der Waals surface area contributed by atoms with Crippen molar-refractivity contribution in [2.24, 2.45) is 0 Å². The minimum atomic E-state index is -0.564. The van der Waals surface area contributed by atoms with Crippen LogP contribution in [0.4, 0.5) is 0 Å². The molecule has 0 unspecified atom stereocenters. The first kappa shape index (κ1) is 8.97. The van der Waals surface area contributed by atoms with E-state index in [4.69, 9.17) is 4.74 Å². The van der Waals surface area contributed by atoms with E-state index in [0.29, 0.717) is 6.04 Å². The van der Waals surface area contributed by atoms with E-state index in [2.05, 4.69) is 4.90 Å². The second-order valence-corrected chi connectivity index (χ2v) is 3.49. The summed E-state index contributed by atoms with van der Waals surface area (Å²) in [6.07, 6.45) is 1.37. The van der Waals surface area contributed by atoms with Crippen molar-refractivity contribution < 1.29 is 9.84 Å². The average Bonchev–Trinajstić information content (AvgIpc) is 1.85. The summed E-state index contributed by atoms with van der Waals surface area (Å²) < 4.78 is 5.20. The minimum absolute atomic E-state index is 0.186. The van der Waals surface area contributed by atoms with Crippen LogP contribution in [0.1, 0.15) is 19.8 Å². The van der Waals surface area contributed by atoms with Crippen molar-refractivity contribution in [2.75, 3.05) is 14.1 Å². The lowest BCUT2D eigenvalue weighted by Gasteiger charge is -2.34. The van der Waals surface area contributed by atoms with Crippen LogP contribution in [0.15, 0.2) is 0 Å². The molecule has 0 spiro atoms. The van der Waals surface area contributed by atoms with Gasteiger partial charge in [0.05, 0.1) is 6.10 Å². The van der Waals surface area contributed by atoms with Crippen LogP contribution in [0, 0.1) is 0 Å². The Hall–Kier alpha value is -0.120. The van der Waals surface area contributed by atoms with Crippen molar-refractivity contribution in [3.05, 3.63) is 0 Å². The first-order chi connectivity index (χ1) is 5.09. The number of ether oxygens (including phenoxy) is 1. The van der Waals surface area contributed by atoms with Gasteiger partial charge in [-0.25, -0.2) is 0 Å². The van der Waals surface area contributed by atoms with E-state index in [1.165, 1.54) is 0 Å². The van der Waals surface area contributed by atoms with Crippen LogP contribution in [0.25, 0.3) is 0 Å². The molecule has 0 aliphatic carbocycles. The summed E-state index contributed by atoms with van der Waals surface area (Å²) in [5.41, 5.74) is 0. The van der Waals surface area contributed by atoms with Gasteiger partial charge in [0, 0.05) is 12.5 Å². The molecule has 0 bridgehead atoms. The largest absolute Gasteiger partial charge is 0.368 e. The smallest absolute Gasteiger partial charge is 0.156 e. The second kappa shape index (κ2) is 3.52. The molecule has 0 aromatic rings. The Morgan fingerprint density at radius 1 is 1.36 bits per heavy atom. The van der Waals surface area contributed by atoms with Gasteiger partial charge in [-0.05, 0) is 27.4 Å². The predicted molar refractivity (Wildman–Crippen MR) is 43.3 cm³/mol. The summed E-state index contributed by atoms with van der Waals surface area (Å²) >= 11 is 0. The van der Waals surface area contributed by atoms with Gasteiger partial charge in [-0.1, -0.05) is 0 Å². The molecule has 1 saturated heterocycles. The topological polar surface area (TPSA) is 32.7 Å². The lowest BCUT2D eigenvalue weighted by atomic mass is 10.0. The fourth-order valence-corrected chi connectivity index (χ4v) is 1.51. The zero-order valence-corrected chi connectivity index (χ0v) is 7.45. The Balaban J connectivity index is 2.43. The molecular formula is C8H17NO2. The normalized spacial score (nSPS) is 39.5. The number of aliphatic hydroxyl groups is 1. The highest BCUT2D eigenvalue weighted by Crippen LogP contribution is 2.20. The summed E-state index contributed by atoms with van der Waals surface area (Å²) in [7, 11) is 4.07. The van der Waals surface area contributed by atoms with Crippen LogP contribution in [0.3, 0.4) is 0 Å². The highest BCUT2D eigenvalue weighted by atomic mass is 16.6. The van der Waals surface area contributed by atoms with Gasteiger partial charge >= 0.3 is 0 Å². The second-order valence-electron chi connectivity index (χ2n) is 3.49. The number of hydrogen-bond donors (Lipinski definition) is 1. The van der Waals surface area contributed by atoms with Crippen LogP contribution in [-0.4, -0.2) is 42.5 Å². The third-order valence-electron chi connectivity index (χ3n) is 2.20. The molecular weight excluding hydrogens is 142 g/mol. The molecule has 3 heteroatoms. The molecule has 1 rings (SSSR count). The maximum Gasteiger partial charge on any atom is 0.156 e. The van der Waals surface area contributed by atoms with E-state index >= 15 is 0 Å². The number of hydrogen-bond acceptors (Lipinski definition) is 3. The van der Waals surface area contributed by atoms with Gasteiger partial charge in [0.25, 0.3) is 0 Å². The molecule has 66 valence electrons. The van der Waals surface area contributed by atoms with E-state index in [0.717, 1.165) is 12.8 Å². The Morgan fingerprint density at radius 3 is 2.45 bits per heavy atom. The third kappa shape index (κ3) is 2.43. The Kier molecular flexibility index (Phi) is 2.87. The number of nitrogens with zero attached hydrogens (tertiary/aromatic N) is 1. The molecule has 0 radical (unpaired) electrons. The zero-order chi connectivity index (χ0) is 8.43. The van der Waals surface area contributed by atoms with Crippen molar-refractivity contribution in [2.45, 2.75) is 38.2 Å². The van der Waals surface area contributed by atoms with Crippen LogP contribution >= 0.6 is 0 Å². The molecule has 3 nitrogen and oxygen atoms in total. The summed E-state index contributed by atoms with van der Waals surface area (Å²) in [5, 5.41) is 9.25. The van der Waals surface area contributed by atoms with E-state index < -0.39 is 6.29 Å². The summed E-state index contributed by atoms with van der Waals surface area (Å²) in [6.45, 7) is 2.00. The molecule has 0 aromatic heterocycles. The van der Waals surface area contributed by atoms with Crippen LogP contribution in [0.5, 0.6) is 0 Å². The monoisotopic (exact) mass is 159 g/mol. The molecule has 0 amide bonds.